The first-order chi connectivity index (χ1) is 13.5. The largest absolute Gasteiger partial charge is 0.493 e. The minimum Gasteiger partial charge on any atom is -0.493 e. The van der Waals surface area contributed by atoms with Crippen LogP contribution >= 0.6 is 23.2 Å². The summed E-state index contributed by atoms with van der Waals surface area (Å²) in [6.45, 7) is 8.88. The van der Waals surface area contributed by atoms with Crippen LogP contribution in [0.5, 0.6) is 0 Å². The third-order valence-electron chi connectivity index (χ3n) is 4.19. The zero-order valence-corrected chi connectivity index (χ0v) is 18.6. The van der Waals surface area contributed by atoms with Gasteiger partial charge in [0.1, 0.15) is 12.4 Å². The van der Waals surface area contributed by atoms with E-state index >= 15 is 0 Å². The van der Waals surface area contributed by atoms with E-state index < -0.39 is 5.72 Å². The number of ether oxygens (including phenoxy) is 4. The van der Waals surface area contributed by atoms with E-state index in [1.807, 2.05) is 19.1 Å². The predicted molar refractivity (Wildman–Crippen MR) is 115 cm³/mol. The van der Waals surface area contributed by atoms with Crippen molar-refractivity contribution in [3.8, 4) is 0 Å². The second kappa shape index (κ2) is 12.9. The molecule has 1 saturated heterocycles. The first-order valence-corrected chi connectivity index (χ1v) is 10.1. The van der Waals surface area contributed by atoms with Crippen molar-refractivity contribution in [1.82, 2.24) is 5.32 Å². The minimum absolute atomic E-state index is 0.155. The van der Waals surface area contributed by atoms with E-state index in [2.05, 4.69) is 18.8 Å². The smallest absolute Gasteiger partial charge is 0.180 e. The Hall–Kier alpha value is -1.40. The molecule has 158 valence electrons. The van der Waals surface area contributed by atoms with Gasteiger partial charge in [-0.1, -0.05) is 49.2 Å². The molecule has 1 rings (SSSR count). The summed E-state index contributed by atoms with van der Waals surface area (Å²) in [5.41, 5.74) is -0.499. The molecule has 0 amide bonds. The van der Waals surface area contributed by atoms with Gasteiger partial charge in [-0.15, -0.1) is 0 Å². The Labute approximate surface area is 178 Å². The Morgan fingerprint density at radius 1 is 1.25 bits per heavy atom. The maximum absolute atomic E-state index is 6.13. The van der Waals surface area contributed by atoms with E-state index in [1.165, 1.54) is 12.3 Å². The highest BCUT2D eigenvalue weighted by molar-refractivity contribution is 6.35. The van der Waals surface area contributed by atoms with Crippen molar-refractivity contribution in [2.24, 2.45) is 0 Å². The summed E-state index contributed by atoms with van der Waals surface area (Å²) in [5.74, 6) is 1.41. The standard InChI is InChI=1S/C21H31Cl2NO4/c1-6-10-20(27-14-17(23)13-16(22)7-2)21(15-28-21)24-12-9-11-19(26-5)18(8-3)25-4/h7-8,11,13-14,20,24H,2,6,9-10,12,15H2,1,3-5H3. The van der Waals surface area contributed by atoms with Crippen LogP contribution in [-0.4, -0.2) is 39.2 Å². The van der Waals surface area contributed by atoms with Crippen molar-refractivity contribution in [2.45, 2.75) is 44.9 Å². The molecular formula is C21H31Cl2NO4. The van der Waals surface area contributed by atoms with Gasteiger partial charge in [0.15, 0.2) is 17.2 Å². The number of epoxide rings is 1. The molecule has 2 atom stereocenters. The van der Waals surface area contributed by atoms with Crippen LogP contribution in [0, 0.1) is 0 Å². The number of rotatable bonds is 14. The monoisotopic (exact) mass is 431 g/mol. The highest BCUT2D eigenvalue weighted by atomic mass is 35.5. The van der Waals surface area contributed by atoms with Gasteiger partial charge in [0.2, 0.25) is 0 Å². The fourth-order valence-corrected chi connectivity index (χ4v) is 3.00. The molecule has 2 unspecified atom stereocenters. The molecule has 1 aliphatic heterocycles. The van der Waals surface area contributed by atoms with E-state index in [0.717, 1.165) is 19.3 Å². The zero-order chi connectivity index (χ0) is 21.0. The second-order valence-electron chi connectivity index (χ2n) is 6.17. The van der Waals surface area contributed by atoms with Crippen molar-refractivity contribution in [3.63, 3.8) is 0 Å². The van der Waals surface area contributed by atoms with Crippen molar-refractivity contribution in [1.29, 1.82) is 0 Å². The Kier molecular flexibility index (Phi) is 11.4. The molecule has 1 N–H and O–H groups in total. The van der Waals surface area contributed by atoms with Crippen molar-refractivity contribution >= 4 is 23.2 Å². The molecule has 0 bridgehead atoms. The molecule has 0 aromatic rings. The Morgan fingerprint density at radius 3 is 2.43 bits per heavy atom. The molecule has 0 saturated carbocycles. The second-order valence-corrected chi connectivity index (χ2v) is 7.05. The van der Waals surface area contributed by atoms with Crippen molar-refractivity contribution in [3.05, 3.63) is 58.7 Å². The van der Waals surface area contributed by atoms with Crippen LogP contribution in [-0.2, 0) is 18.9 Å². The van der Waals surface area contributed by atoms with Gasteiger partial charge in [-0.2, -0.15) is 0 Å². The zero-order valence-electron chi connectivity index (χ0n) is 17.1. The normalized spacial score (nSPS) is 21.9. The minimum atomic E-state index is -0.499. The summed E-state index contributed by atoms with van der Waals surface area (Å²) >= 11 is 12.0. The molecule has 0 radical (unpaired) electrons. The number of allylic oxidation sites excluding steroid dienone is 5. The number of hydrogen-bond acceptors (Lipinski definition) is 5. The fraction of sp³-hybridized carbons (Fsp3) is 0.524. The predicted octanol–water partition coefficient (Wildman–Crippen LogP) is 5.35. The quantitative estimate of drug-likeness (QED) is 0.174. The van der Waals surface area contributed by atoms with Crippen molar-refractivity contribution in [2.75, 3.05) is 27.4 Å². The van der Waals surface area contributed by atoms with Crippen LogP contribution in [0.1, 0.15) is 33.1 Å². The van der Waals surface area contributed by atoms with Crippen LogP contribution < -0.4 is 5.32 Å². The Morgan fingerprint density at radius 2 is 1.93 bits per heavy atom. The van der Waals surface area contributed by atoms with Crippen LogP contribution in [0.2, 0.25) is 0 Å². The molecule has 0 spiro atoms. The molecular weight excluding hydrogens is 401 g/mol. The number of hydrogen-bond donors (Lipinski definition) is 1. The molecule has 0 aliphatic carbocycles. The topological polar surface area (TPSA) is 52.2 Å². The molecule has 5 nitrogen and oxygen atoms in total. The van der Waals surface area contributed by atoms with Gasteiger partial charge in [-0.25, -0.2) is 0 Å². The van der Waals surface area contributed by atoms with Gasteiger partial charge in [0.05, 0.1) is 25.9 Å². The number of methoxy groups -OCH3 is 2. The Balaban J connectivity index is 2.67. The third kappa shape index (κ3) is 7.92. The first kappa shape index (κ1) is 24.6. The molecule has 0 aromatic carbocycles. The van der Waals surface area contributed by atoms with E-state index in [-0.39, 0.29) is 6.10 Å². The van der Waals surface area contributed by atoms with Gasteiger partial charge in [-0.05, 0) is 38.0 Å². The molecule has 1 aliphatic rings. The number of halogens is 2. The SMILES string of the molecule is C=CC(Cl)=CC(Cl)=COC(CCC)C1(NCCC=C(OC)C(=CC)OC)CO1. The third-order valence-corrected chi connectivity index (χ3v) is 4.65. The summed E-state index contributed by atoms with van der Waals surface area (Å²) in [7, 11) is 3.25. The summed E-state index contributed by atoms with van der Waals surface area (Å²) < 4.78 is 22.3. The van der Waals surface area contributed by atoms with E-state index in [1.54, 1.807) is 20.3 Å². The van der Waals surface area contributed by atoms with Gasteiger partial charge >= 0.3 is 0 Å². The highest BCUT2D eigenvalue weighted by Gasteiger charge is 2.52. The summed E-state index contributed by atoms with van der Waals surface area (Å²) in [4.78, 5) is 0. The summed E-state index contributed by atoms with van der Waals surface area (Å²) in [6, 6.07) is 0. The average Bonchev–Trinajstić information content (AvgIpc) is 3.48. The maximum atomic E-state index is 6.13. The molecule has 1 heterocycles. The highest BCUT2D eigenvalue weighted by Crippen LogP contribution is 2.33. The lowest BCUT2D eigenvalue weighted by Crippen LogP contribution is -2.45. The summed E-state index contributed by atoms with van der Waals surface area (Å²) in [6.07, 6.45) is 10.8. The van der Waals surface area contributed by atoms with Gasteiger partial charge in [0, 0.05) is 11.6 Å². The molecule has 0 aromatic heterocycles. The van der Waals surface area contributed by atoms with Crippen LogP contribution in [0.25, 0.3) is 0 Å². The van der Waals surface area contributed by atoms with Gasteiger partial charge < -0.3 is 18.9 Å². The fourth-order valence-electron chi connectivity index (χ4n) is 2.66. The lowest BCUT2D eigenvalue weighted by atomic mass is 10.1. The van der Waals surface area contributed by atoms with E-state index in [9.17, 15) is 0 Å². The molecule has 28 heavy (non-hydrogen) atoms. The average molecular weight is 432 g/mol. The van der Waals surface area contributed by atoms with Crippen molar-refractivity contribution < 1.29 is 18.9 Å². The van der Waals surface area contributed by atoms with Gasteiger partial charge in [-0.3, -0.25) is 5.32 Å². The van der Waals surface area contributed by atoms with Gasteiger partial charge in [0.25, 0.3) is 0 Å². The van der Waals surface area contributed by atoms with Crippen LogP contribution in [0.15, 0.2) is 58.7 Å². The van der Waals surface area contributed by atoms with E-state index in [0.29, 0.717) is 34.7 Å². The van der Waals surface area contributed by atoms with Crippen LogP contribution in [0.4, 0.5) is 0 Å². The first-order valence-electron chi connectivity index (χ1n) is 9.30. The number of nitrogens with one attached hydrogen (secondary N) is 1. The van der Waals surface area contributed by atoms with Crippen LogP contribution in [0.3, 0.4) is 0 Å². The molecule has 7 heteroatoms. The summed E-state index contributed by atoms with van der Waals surface area (Å²) in [5, 5.41) is 4.29. The van der Waals surface area contributed by atoms with E-state index in [4.69, 9.17) is 42.1 Å². The molecule has 1 fully saturated rings. The lowest BCUT2D eigenvalue weighted by molar-refractivity contribution is 0.0333. The lowest BCUT2D eigenvalue weighted by Gasteiger charge is -2.24. The Bertz CT molecular complexity index is 622. The maximum Gasteiger partial charge on any atom is 0.180 e.